The number of pyridine rings is 2. The van der Waals surface area contributed by atoms with Gasteiger partial charge in [-0.05, 0) is 29.1 Å². The van der Waals surface area contributed by atoms with Gasteiger partial charge in [0.2, 0.25) is 0 Å². The smallest absolute Gasteiger partial charge is 0.152 e. The van der Waals surface area contributed by atoms with Crippen molar-refractivity contribution in [1.82, 2.24) is 14.9 Å². The summed E-state index contributed by atoms with van der Waals surface area (Å²) in [5.41, 5.74) is 1.10. The number of aromatic nitrogens is 2. The molecule has 6 nitrogen and oxygen atoms in total. The molecule has 1 aromatic carbocycles. The highest BCUT2D eigenvalue weighted by Crippen LogP contribution is 2.20. The topological polar surface area (TPSA) is 75.2 Å². The summed E-state index contributed by atoms with van der Waals surface area (Å²) < 4.78 is 23.1. The third-order valence-corrected chi connectivity index (χ3v) is 6.16. The Morgan fingerprint density at radius 3 is 2.50 bits per heavy atom. The Morgan fingerprint density at radius 2 is 1.69 bits per heavy atom. The van der Waals surface area contributed by atoms with Crippen LogP contribution < -0.4 is 5.32 Å². The molecule has 26 heavy (non-hydrogen) atoms. The van der Waals surface area contributed by atoms with E-state index < -0.39 is 9.84 Å². The Hall–Kier alpha value is -2.51. The molecule has 0 radical (unpaired) electrons. The van der Waals surface area contributed by atoms with Gasteiger partial charge in [0, 0.05) is 37.4 Å². The largest absolute Gasteiger partial charge is 0.325 e. The number of hydrogen-bond acceptors (Lipinski definition) is 6. The van der Waals surface area contributed by atoms with Gasteiger partial charge >= 0.3 is 0 Å². The van der Waals surface area contributed by atoms with E-state index in [-0.39, 0.29) is 11.5 Å². The van der Waals surface area contributed by atoms with Crippen LogP contribution in [0, 0.1) is 0 Å². The second-order valence-electron chi connectivity index (χ2n) is 6.52. The van der Waals surface area contributed by atoms with Crippen molar-refractivity contribution in [3.63, 3.8) is 0 Å². The molecular weight excluding hydrogens is 348 g/mol. The molecular formula is C19H20N4O2S. The normalized spacial score (nSPS) is 17.2. The van der Waals surface area contributed by atoms with Gasteiger partial charge in [0.15, 0.2) is 9.84 Å². The summed E-state index contributed by atoms with van der Waals surface area (Å²) in [4.78, 5) is 11.0. The average molecular weight is 368 g/mol. The van der Waals surface area contributed by atoms with Gasteiger partial charge in [-0.2, -0.15) is 0 Å². The molecule has 0 aliphatic carbocycles. The number of anilines is 2. The fraction of sp³-hybridized carbons (Fsp3) is 0.263. The minimum Gasteiger partial charge on any atom is -0.325 e. The van der Waals surface area contributed by atoms with Crippen molar-refractivity contribution < 1.29 is 8.42 Å². The van der Waals surface area contributed by atoms with Crippen LogP contribution in [0.3, 0.4) is 0 Å². The summed E-state index contributed by atoms with van der Waals surface area (Å²) in [5, 5.41) is 5.47. The molecule has 3 heterocycles. The van der Waals surface area contributed by atoms with E-state index in [1.165, 1.54) is 0 Å². The first-order valence-electron chi connectivity index (χ1n) is 8.57. The summed E-state index contributed by atoms with van der Waals surface area (Å²) >= 11 is 0. The monoisotopic (exact) mass is 368 g/mol. The molecule has 0 unspecified atom stereocenters. The van der Waals surface area contributed by atoms with Crippen molar-refractivity contribution in [2.24, 2.45) is 0 Å². The van der Waals surface area contributed by atoms with Crippen molar-refractivity contribution in [3.05, 3.63) is 60.4 Å². The van der Waals surface area contributed by atoms with Crippen molar-refractivity contribution >= 4 is 32.2 Å². The quantitative estimate of drug-likeness (QED) is 0.763. The predicted octanol–water partition coefficient (Wildman–Crippen LogP) is 2.60. The van der Waals surface area contributed by atoms with E-state index in [4.69, 9.17) is 0 Å². The number of fused-ring (bicyclic) bond motifs is 1. The number of nitrogens with one attached hydrogen (secondary N) is 1. The first kappa shape index (κ1) is 16.9. The zero-order valence-electron chi connectivity index (χ0n) is 14.3. The van der Waals surface area contributed by atoms with Crippen molar-refractivity contribution in [2.45, 2.75) is 6.54 Å². The summed E-state index contributed by atoms with van der Waals surface area (Å²) in [5.74, 6) is 1.96. The van der Waals surface area contributed by atoms with E-state index in [9.17, 15) is 8.42 Å². The Bertz CT molecular complexity index is 1020. The Labute approximate surface area is 152 Å². The lowest BCUT2D eigenvalue weighted by atomic mass is 10.2. The summed E-state index contributed by atoms with van der Waals surface area (Å²) in [6, 6.07) is 14.0. The van der Waals surface area contributed by atoms with Crippen LogP contribution in [-0.4, -0.2) is 47.9 Å². The average Bonchev–Trinajstić information content (AvgIpc) is 2.64. The second-order valence-corrected chi connectivity index (χ2v) is 8.82. The zero-order valence-corrected chi connectivity index (χ0v) is 15.1. The maximum atomic E-state index is 11.5. The fourth-order valence-corrected chi connectivity index (χ4v) is 4.37. The van der Waals surface area contributed by atoms with Gasteiger partial charge in [-0.1, -0.05) is 24.3 Å². The minimum absolute atomic E-state index is 0.240. The molecule has 1 fully saturated rings. The number of nitrogens with zero attached hydrogens (tertiary/aromatic N) is 3. The van der Waals surface area contributed by atoms with Crippen LogP contribution in [0.25, 0.3) is 10.8 Å². The van der Waals surface area contributed by atoms with E-state index >= 15 is 0 Å². The van der Waals surface area contributed by atoms with Gasteiger partial charge in [0.25, 0.3) is 0 Å². The van der Waals surface area contributed by atoms with E-state index in [1.807, 2.05) is 42.6 Å². The van der Waals surface area contributed by atoms with Crippen LogP contribution in [0.15, 0.2) is 54.9 Å². The highest BCUT2D eigenvalue weighted by molar-refractivity contribution is 7.91. The van der Waals surface area contributed by atoms with Gasteiger partial charge in [-0.15, -0.1) is 0 Å². The molecule has 0 amide bonds. The number of sulfone groups is 1. The maximum Gasteiger partial charge on any atom is 0.152 e. The van der Waals surface area contributed by atoms with Crippen LogP contribution >= 0.6 is 0 Å². The highest BCUT2D eigenvalue weighted by atomic mass is 32.2. The molecule has 0 bridgehead atoms. The molecule has 1 N–H and O–H groups in total. The van der Waals surface area contributed by atoms with Gasteiger partial charge in [-0.3, -0.25) is 4.90 Å². The molecule has 0 spiro atoms. The molecule has 3 aromatic rings. The fourth-order valence-electron chi connectivity index (χ4n) is 3.09. The van der Waals surface area contributed by atoms with E-state index in [1.54, 1.807) is 6.20 Å². The van der Waals surface area contributed by atoms with E-state index in [0.717, 1.165) is 34.5 Å². The molecule has 2 aromatic heterocycles. The number of hydrogen-bond donors (Lipinski definition) is 1. The van der Waals surface area contributed by atoms with E-state index in [0.29, 0.717) is 13.1 Å². The number of benzene rings is 1. The second kappa shape index (κ2) is 7.01. The maximum absolute atomic E-state index is 11.5. The summed E-state index contributed by atoms with van der Waals surface area (Å²) in [7, 11) is -2.85. The van der Waals surface area contributed by atoms with Crippen LogP contribution in [0.5, 0.6) is 0 Å². The minimum atomic E-state index is -2.85. The third-order valence-electron chi connectivity index (χ3n) is 4.55. The molecule has 1 aliphatic rings. The Balaban J connectivity index is 1.46. The van der Waals surface area contributed by atoms with Crippen molar-refractivity contribution in [1.29, 1.82) is 0 Å². The summed E-state index contributed by atoms with van der Waals surface area (Å²) in [6.07, 6.45) is 3.61. The first-order chi connectivity index (χ1) is 12.6. The van der Waals surface area contributed by atoms with Gasteiger partial charge in [0.05, 0.1) is 11.5 Å². The Kier molecular flexibility index (Phi) is 4.57. The van der Waals surface area contributed by atoms with Crippen molar-refractivity contribution in [2.75, 3.05) is 29.9 Å². The predicted molar refractivity (Wildman–Crippen MR) is 103 cm³/mol. The van der Waals surface area contributed by atoms with Gasteiger partial charge in [-0.25, -0.2) is 18.4 Å². The molecule has 134 valence electrons. The summed E-state index contributed by atoms with van der Waals surface area (Å²) in [6.45, 7) is 1.89. The third kappa shape index (κ3) is 4.00. The van der Waals surface area contributed by atoms with Crippen LogP contribution in [-0.2, 0) is 16.4 Å². The molecule has 0 saturated carbocycles. The number of rotatable bonds is 4. The lowest BCUT2D eigenvalue weighted by Crippen LogP contribution is -2.39. The van der Waals surface area contributed by atoms with Crippen molar-refractivity contribution in [3.8, 4) is 0 Å². The first-order valence-corrected chi connectivity index (χ1v) is 10.4. The molecule has 4 rings (SSSR count). The molecule has 0 atom stereocenters. The molecule has 7 heteroatoms. The highest BCUT2D eigenvalue weighted by Gasteiger charge is 2.21. The molecule has 1 aliphatic heterocycles. The zero-order chi connectivity index (χ0) is 18.0. The molecule has 1 saturated heterocycles. The SMILES string of the molecule is O=S1(=O)CCN(Cc2ccnc(Nc3cc4ccccc4cn3)c2)CC1. The standard InChI is InChI=1S/C19H20N4O2S/c24-26(25)9-7-23(8-10-26)14-15-5-6-20-18(11-15)22-19-12-16-3-1-2-4-17(16)13-21-19/h1-6,11-13H,7-10,14H2,(H,20,21,22). The van der Waals surface area contributed by atoms with E-state index in [2.05, 4.69) is 26.3 Å². The van der Waals surface area contributed by atoms with Gasteiger partial charge in [0.1, 0.15) is 11.6 Å². The van der Waals surface area contributed by atoms with Crippen LogP contribution in [0.4, 0.5) is 11.6 Å². The van der Waals surface area contributed by atoms with Gasteiger partial charge < -0.3 is 5.32 Å². The lowest BCUT2D eigenvalue weighted by molar-refractivity contribution is 0.287. The Morgan fingerprint density at radius 1 is 0.962 bits per heavy atom. The van der Waals surface area contributed by atoms with Crippen LogP contribution in [0.1, 0.15) is 5.56 Å². The van der Waals surface area contributed by atoms with Crippen LogP contribution in [0.2, 0.25) is 0 Å². The lowest BCUT2D eigenvalue weighted by Gasteiger charge is -2.26.